The first-order valence-electron chi connectivity index (χ1n) is 6.39. The minimum absolute atomic E-state index is 0.166. The van der Waals surface area contributed by atoms with Crippen LogP contribution in [0.5, 0.6) is 0 Å². The molecule has 2 aliphatic rings. The number of hydrogen-bond donors (Lipinski definition) is 2. The highest BCUT2D eigenvalue weighted by Crippen LogP contribution is 2.35. The molecule has 2 rings (SSSR count). The Hall–Kier alpha value is -0.170. The van der Waals surface area contributed by atoms with E-state index in [1.807, 2.05) is 14.0 Å². The van der Waals surface area contributed by atoms with Gasteiger partial charge >= 0.3 is 0 Å². The van der Waals surface area contributed by atoms with E-state index in [4.69, 9.17) is 0 Å². The molecule has 1 saturated carbocycles. The summed E-state index contributed by atoms with van der Waals surface area (Å²) >= 11 is 0. The average molecular weight is 261 g/mol. The summed E-state index contributed by atoms with van der Waals surface area (Å²) in [6.45, 7) is 4.26. The first kappa shape index (κ1) is 13.3. The van der Waals surface area contributed by atoms with Crippen molar-refractivity contribution in [2.24, 2.45) is 5.92 Å². The molecule has 1 aliphatic heterocycles. The van der Waals surface area contributed by atoms with E-state index in [9.17, 15) is 8.42 Å². The van der Waals surface area contributed by atoms with Crippen LogP contribution in [-0.4, -0.2) is 44.9 Å². The van der Waals surface area contributed by atoms with Crippen LogP contribution >= 0.6 is 0 Å². The highest BCUT2D eigenvalue weighted by molar-refractivity contribution is 7.87. The van der Waals surface area contributed by atoms with E-state index in [-0.39, 0.29) is 5.54 Å². The van der Waals surface area contributed by atoms with E-state index in [2.05, 4.69) is 10.0 Å². The fourth-order valence-electron chi connectivity index (χ4n) is 2.31. The van der Waals surface area contributed by atoms with E-state index in [1.165, 1.54) is 0 Å². The van der Waals surface area contributed by atoms with Gasteiger partial charge in [-0.2, -0.15) is 17.4 Å². The number of nitrogens with one attached hydrogen (secondary N) is 2. The molecule has 0 unspecified atom stereocenters. The van der Waals surface area contributed by atoms with Gasteiger partial charge in [0.05, 0.1) is 0 Å². The van der Waals surface area contributed by atoms with Gasteiger partial charge in [-0.15, -0.1) is 0 Å². The zero-order valence-corrected chi connectivity index (χ0v) is 11.5. The van der Waals surface area contributed by atoms with Crippen molar-refractivity contribution in [1.29, 1.82) is 0 Å². The lowest BCUT2D eigenvalue weighted by atomic mass is 9.98. The van der Waals surface area contributed by atoms with Crippen molar-refractivity contribution in [3.63, 3.8) is 0 Å². The third kappa shape index (κ3) is 3.40. The predicted molar refractivity (Wildman–Crippen MR) is 67.9 cm³/mol. The van der Waals surface area contributed by atoms with Crippen molar-refractivity contribution < 1.29 is 8.42 Å². The van der Waals surface area contributed by atoms with Gasteiger partial charge < -0.3 is 5.32 Å². The Kier molecular flexibility index (Phi) is 3.77. The Balaban J connectivity index is 1.87. The van der Waals surface area contributed by atoms with Gasteiger partial charge in [0.2, 0.25) is 0 Å². The molecule has 2 fully saturated rings. The molecule has 1 saturated heterocycles. The maximum atomic E-state index is 12.1. The molecular weight excluding hydrogens is 238 g/mol. The van der Waals surface area contributed by atoms with Crippen LogP contribution in [0.1, 0.15) is 32.6 Å². The maximum Gasteiger partial charge on any atom is 0.279 e. The minimum Gasteiger partial charge on any atom is -0.319 e. The van der Waals surface area contributed by atoms with Crippen molar-refractivity contribution in [3.8, 4) is 0 Å². The number of nitrogens with zero attached hydrogens (tertiary/aromatic N) is 1. The molecule has 2 N–H and O–H groups in total. The van der Waals surface area contributed by atoms with Crippen molar-refractivity contribution in [3.05, 3.63) is 0 Å². The van der Waals surface area contributed by atoms with Crippen LogP contribution in [0.25, 0.3) is 0 Å². The molecule has 5 nitrogen and oxygen atoms in total. The average Bonchev–Trinajstić information content (AvgIpc) is 2.96. The highest BCUT2D eigenvalue weighted by Gasteiger charge is 2.42. The van der Waals surface area contributed by atoms with Crippen molar-refractivity contribution in [1.82, 2.24) is 14.3 Å². The van der Waals surface area contributed by atoms with Crippen molar-refractivity contribution >= 4 is 10.2 Å². The van der Waals surface area contributed by atoms with E-state index < -0.39 is 10.2 Å². The highest BCUT2D eigenvalue weighted by atomic mass is 32.2. The van der Waals surface area contributed by atoms with E-state index in [0.717, 1.165) is 32.2 Å². The molecule has 0 aromatic rings. The van der Waals surface area contributed by atoms with E-state index in [0.29, 0.717) is 19.0 Å². The van der Waals surface area contributed by atoms with Gasteiger partial charge in [0.1, 0.15) is 0 Å². The molecule has 0 atom stereocenters. The summed E-state index contributed by atoms with van der Waals surface area (Å²) in [5.41, 5.74) is -0.166. The Bertz CT molecular complexity index is 357. The fourth-order valence-corrected chi connectivity index (χ4v) is 3.96. The molecule has 0 spiro atoms. The second-order valence-electron chi connectivity index (χ2n) is 5.57. The first-order chi connectivity index (χ1) is 7.95. The Labute approximate surface area is 104 Å². The normalized spacial score (nSPS) is 26.0. The lowest BCUT2D eigenvalue weighted by molar-refractivity contribution is 0.267. The van der Waals surface area contributed by atoms with Gasteiger partial charge in [-0.25, -0.2) is 0 Å². The zero-order chi connectivity index (χ0) is 12.5. The molecule has 17 heavy (non-hydrogen) atoms. The van der Waals surface area contributed by atoms with Gasteiger partial charge in [-0.05, 0) is 52.1 Å². The van der Waals surface area contributed by atoms with Gasteiger partial charge in [-0.3, -0.25) is 0 Å². The van der Waals surface area contributed by atoms with Crippen LogP contribution in [0.3, 0.4) is 0 Å². The number of hydrogen-bond acceptors (Lipinski definition) is 3. The second kappa shape index (κ2) is 4.84. The Morgan fingerprint density at radius 1 is 1.29 bits per heavy atom. The monoisotopic (exact) mass is 261 g/mol. The van der Waals surface area contributed by atoms with Crippen LogP contribution in [-0.2, 0) is 10.2 Å². The van der Waals surface area contributed by atoms with E-state index in [1.54, 1.807) is 4.31 Å². The first-order valence-corrected chi connectivity index (χ1v) is 7.83. The fraction of sp³-hybridized carbons (Fsp3) is 1.00. The zero-order valence-electron chi connectivity index (χ0n) is 10.7. The lowest BCUT2D eigenvalue weighted by Gasteiger charge is -2.32. The van der Waals surface area contributed by atoms with E-state index >= 15 is 0 Å². The summed E-state index contributed by atoms with van der Waals surface area (Å²) in [4.78, 5) is 0. The maximum absolute atomic E-state index is 12.1. The van der Waals surface area contributed by atoms with Crippen molar-refractivity contribution in [2.45, 2.75) is 38.1 Å². The molecule has 1 heterocycles. The summed E-state index contributed by atoms with van der Waals surface area (Å²) in [6, 6.07) is 0. The second-order valence-corrected chi connectivity index (χ2v) is 7.24. The van der Waals surface area contributed by atoms with Crippen molar-refractivity contribution in [2.75, 3.05) is 26.7 Å². The smallest absolute Gasteiger partial charge is 0.279 e. The minimum atomic E-state index is -3.25. The standard InChI is InChI=1S/C11H23N3O2S/c1-11(5-6-11)13-17(15,16)14-7-3-10(4-8-14)9-12-2/h10,12-13H,3-9H2,1-2H3. The number of rotatable bonds is 5. The lowest BCUT2D eigenvalue weighted by Crippen LogP contribution is -2.49. The third-order valence-electron chi connectivity index (χ3n) is 3.78. The van der Waals surface area contributed by atoms with Crippen LogP contribution in [0.15, 0.2) is 0 Å². The molecule has 0 aromatic carbocycles. The number of piperidine rings is 1. The van der Waals surface area contributed by atoms with Gasteiger partial charge in [0, 0.05) is 18.6 Å². The van der Waals surface area contributed by atoms with Crippen LogP contribution in [0.2, 0.25) is 0 Å². The summed E-state index contributed by atoms with van der Waals surface area (Å²) in [6.07, 6.45) is 3.84. The van der Waals surface area contributed by atoms with Crippen LogP contribution in [0, 0.1) is 5.92 Å². The molecule has 100 valence electrons. The topological polar surface area (TPSA) is 61.4 Å². The third-order valence-corrected chi connectivity index (χ3v) is 5.58. The molecular formula is C11H23N3O2S. The quantitative estimate of drug-likeness (QED) is 0.748. The summed E-state index contributed by atoms with van der Waals surface area (Å²) in [5.74, 6) is 0.614. The SMILES string of the molecule is CNCC1CCN(S(=O)(=O)NC2(C)CC2)CC1. The van der Waals surface area contributed by atoms with Gasteiger partial charge in [0.25, 0.3) is 10.2 Å². The summed E-state index contributed by atoms with van der Waals surface area (Å²) in [5, 5.41) is 3.16. The van der Waals surface area contributed by atoms with Crippen LogP contribution in [0.4, 0.5) is 0 Å². The van der Waals surface area contributed by atoms with Gasteiger partial charge in [-0.1, -0.05) is 0 Å². The molecule has 0 bridgehead atoms. The Morgan fingerprint density at radius 3 is 2.35 bits per heavy atom. The largest absolute Gasteiger partial charge is 0.319 e. The molecule has 0 radical (unpaired) electrons. The van der Waals surface area contributed by atoms with Gasteiger partial charge in [0.15, 0.2) is 0 Å². The molecule has 6 heteroatoms. The molecule has 0 amide bonds. The van der Waals surface area contributed by atoms with Crippen LogP contribution < -0.4 is 10.0 Å². The molecule has 1 aliphatic carbocycles. The predicted octanol–water partition coefficient (Wildman–Crippen LogP) is 0.305. The summed E-state index contributed by atoms with van der Waals surface area (Å²) < 4.78 is 28.6. The Morgan fingerprint density at radius 2 is 1.88 bits per heavy atom. The molecule has 0 aromatic heterocycles. The summed E-state index contributed by atoms with van der Waals surface area (Å²) in [7, 11) is -1.31.